The predicted octanol–water partition coefficient (Wildman–Crippen LogP) is 4.71. The molecule has 1 heterocycles. The number of carbonyl (C=O) groups is 1. The minimum atomic E-state index is -0.546. The zero-order valence-electron chi connectivity index (χ0n) is 18.5. The summed E-state index contributed by atoms with van der Waals surface area (Å²) in [7, 11) is 0. The summed E-state index contributed by atoms with van der Waals surface area (Å²) in [5.74, 6) is -0.177. The van der Waals surface area contributed by atoms with Gasteiger partial charge in [0.1, 0.15) is 6.10 Å². The second-order valence-corrected chi connectivity index (χ2v) is 9.11. The lowest BCUT2D eigenvalue weighted by Gasteiger charge is -2.29. The van der Waals surface area contributed by atoms with Crippen LogP contribution in [0.2, 0.25) is 0 Å². The van der Waals surface area contributed by atoms with Crippen molar-refractivity contribution in [2.75, 3.05) is 6.61 Å². The Hall–Kier alpha value is -1.65. The molecule has 3 atom stereocenters. The SMILES string of the molecule is CCC(/C=C(/C)[C@@H]1CC(O)CCC(C)(C)c2cccc(c2)CCCC(=O)O1)CO. The fourth-order valence-electron chi connectivity index (χ4n) is 3.94. The molecule has 4 heteroatoms. The van der Waals surface area contributed by atoms with Crippen molar-refractivity contribution in [1.82, 2.24) is 0 Å². The van der Waals surface area contributed by atoms with E-state index in [9.17, 15) is 15.0 Å². The summed E-state index contributed by atoms with van der Waals surface area (Å²) < 4.78 is 5.78. The number of esters is 1. The van der Waals surface area contributed by atoms with Gasteiger partial charge in [-0.25, -0.2) is 0 Å². The number of carbonyl (C=O) groups excluding carboxylic acids is 1. The summed E-state index contributed by atoms with van der Waals surface area (Å²) in [6.07, 6.45) is 5.68. The third kappa shape index (κ3) is 7.27. The molecule has 1 aromatic rings. The monoisotopic (exact) mass is 402 g/mol. The molecule has 1 aliphatic heterocycles. The van der Waals surface area contributed by atoms with E-state index in [4.69, 9.17) is 4.74 Å². The number of cyclic esters (lactones) is 1. The van der Waals surface area contributed by atoms with Crippen molar-refractivity contribution in [3.63, 3.8) is 0 Å². The molecule has 162 valence electrons. The number of hydrogen-bond acceptors (Lipinski definition) is 4. The van der Waals surface area contributed by atoms with Crippen LogP contribution in [-0.2, 0) is 21.4 Å². The number of rotatable bonds is 4. The van der Waals surface area contributed by atoms with Crippen molar-refractivity contribution in [1.29, 1.82) is 0 Å². The summed E-state index contributed by atoms with van der Waals surface area (Å²) in [5.41, 5.74) is 3.41. The lowest BCUT2D eigenvalue weighted by molar-refractivity contribution is -0.148. The Morgan fingerprint density at radius 2 is 2.10 bits per heavy atom. The molecule has 2 bridgehead atoms. The van der Waals surface area contributed by atoms with Crippen molar-refractivity contribution in [2.24, 2.45) is 5.92 Å². The van der Waals surface area contributed by atoms with Crippen LogP contribution in [0.25, 0.3) is 0 Å². The number of benzene rings is 1. The molecule has 2 N–H and O–H groups in total. The number of hydrogen-bond donors (Lipinski definition) is 2. The van der Waals surface area contributed by atoms with Gasteiger partial charge in [0.05, 0.1) is 6.10 Å². The Balaban J connectivity index is 2.23. The standard InChI is InChI=1S/C25H38O4/c1-5-19(17-26)14-18(2)23-16-22(27)12-13-25(3,4)21-10-6-8-20(15-21)9-7-11-24(28)29-23/h6,8,10,14-15,19,22-23,26-27H,5,7,9,11-13,16-17H2,1-4H3/b18-14-/t19?,22?,23-/m0/s1. The maximum absolute atomic E-state index is 12.4. The van der Waals surface area contributed by atoms with E-state index in [2.05, 4.69) is 38.1 Å². The van der Waals surface area contributed by atoms with Gasteiger partial charge in [-0.2, -0.15) is 0 Å². The molecule has 0 fully saturated rings. The van der Waals surface area contributed by atoms with E-state index in [1.54, 1.807) is 0 Å². The van der Waals surface area contributed by atoms with Gasteiger partial charge in [0.25, 0.3) is 0 Å². The zero-order valence-corrected chi connectivity index (χ0v) is 18.5. The molecule has 0 saturated carbocycles. The molecule has 0 saturated heterocycles. The first-order chi connectivity index (χ1) is 13.7. The summed E-state index contributed by atoms with van der Waals surface area (Å²) in [6, 6.07) is 8.59. The highest BCUT2D eigenvalue weighted by Gasteiger charge is 2.26. The van der Waals surface area contributed by atoms with E-state index < -0.39 is 12.2 Å². The molecular weight excluding hydrogens is 364 g/mol. The normalized spacial score (nSPS) is 25.0. The maximum atomic E-state index is 12.4. The van der Waals surface area contributed by atoms with Gasteiger partial charge >= 0.3 is 5.97 Å². The third-order valence-electron chi connectivity index (χ3n) is 6.18. The maximum Gasteiger partial charge on any atom is 0.306 e. The number of ether oxygens (including phenoxy) is 1. The summed E-state index contributed by atoms with van der Waals surface area (Å²) in [6.45, 7) is 8.47. The van der Waals surface area contributed by atoms with Crippen LogP contribution in [0.15, 0.2) is 35.9 Å². The van der Waals surface area contributed by atoms with E-state index in [0.717, 1.165) is 31.3 Å². The number of aliphatic hydroxyl groups is 2. The third-order valence-corrected chi connectivity index (χ3v) is 6.18. The van der Waals surface area contributed by atoms with Crippen molar-refractivity contribution >= 4 is 5.97 Å². The quantitative estimate of drug-likeness (QED) is 0.565. The van der Waals surface area contributed by atoms with Crippen molar-refractivity contribution in [2.45, 2.75) is 90.3 Å². The lowest BCUT2D eigenvalue weighted by atomic mass is 9.78. The van der Waals surface area contributed by atoms with Crippen LogP contribution in [0.1, 0.15) is 77.3 Å². The van der Waals surface area contributed by atoms with Crippen LogP contribution in [0, 0.1) is 5.92 Å². The Labute approximate surface area is 176 Å². The predicted molar refractivity (Wildman–Crippen MR) is 117 cm³/mol. The van der Waals surface area contributed by atoms with Gasteiger partial charge in [0.15, 0.2) is 0 Å². The van der Waals surface area contributed by atoms with E-state index in [0.29, 0.717) is 19.3 Å². The average molecular weight is 403 g/mol. The first-order valence-electron chi connectivity index (χ1n) is 11.0. The van der Waals surface area contributed by atoms with Crippen LogP contribution in [0.3, 0.4) is 0 Å². The molecule has 29 heavy (non-hydrogen) atoms. The zero-order chi connectivity index (χ0) is 21.4. The van der Waals surface area contributed by atoms with Gasteiger partial charge in [-0.05, 0) is 61.1 Å². The molecule has 4 nitrogen and oxygen atoms in total. The Morgan fingerprint density at radius 3 is 2.79 bits per heavy atom. The highest BCUT2D eigenvalue weighted by molar-refractivity contribution is 5.69. The molecule has 2 unspecified atom stereocenters. The average Bonchev–Trinajstić information content (AvgIpc) is 2.69. The Morgan fingerprint density at radius 1 is 1.34 bits per heavy atom. The fraction of sp³-hybridized carbons (Fsp3) is 0.640. The number of aliphatic hydroxyl groups excluding tert-OH is 2. The van der Waals surface area contributed by atoms with Crippen LogP contribution >= 0.6 is 0 Å². The number of aryl methyl sites for hydroxylation is 1. The largest absolute Gasteiger partial charge is 0.458 e. The lowest BCUT2D eigenvalue weighted by Crippen LogP contribution is -2.27. The summed E-state index contributed by atoms with van der Waals surface area (Å²) >= 11 is 0. The topological polar surface area (TPSA) is 66.8 Å². The number of fused-ring (bicyclic) bond motifs is 2. The summed E-state index contributed by atoms with van der Waals surface area (Å²) in [5, 5.41) is 20.2. The smallest absolute Gasteiger partial charge is 0.306 e. The molecule has 0 aliphatic carbocycles. The molecule has 0 amide bonds. The fourth-order valence-corrected chi connectivity index (χ4v) is 3.94. The second-order valence-electron chi connectivity index (χ2n) is 9.11. The van der Waals surface area contributed by atoms with Gasteiger partial charge in [-0.3, -0.25) is 4.79 Å². The van der Waals surface area contributed by atoms with Gasteiger partial charge in [0.2, 0.25) is 0 Å². The van der Waals surface area contributed by atoms with Crippen LogP contribution in [0.4, 0.5) is 0 Å². The van der Waals surface area contributed by atoms with Crippen LogP contribution in [-0.4, -0.2) is 35.0 Å². The highest BCUT2D eigenvalue weighted by Crippen LogP contribution is 2.31. The molecule has 1 aromatic carbocycles. The van der Waals surface area contributed by atoms with E-state index in [1.807, 2.05) is 19.9 Å². The van der Waals surface area contributed by atoms with Crippen molar-refractivity contribution in [3.8, 4) is 0 Å². The first kappa shape index (κ1) is 23.6. The van der Waals surface area contributed by atoms with E-state index >= 15 is 0 Å². The molecule has 1 aliphatic rings. The van der Waals surface area contributed by atoms with Gasteiger partial charge in [-0.15, -0.1) is 0 Å². The Kier molecular flexibility index (Phi) is 8.91. The van der Waals surface area contributed by atoms with Crippen LogP contribution in [0.5, 0.6) is 0 Å². The minimum absolute atomic E-state index is 0.0254. The van der Waals surface area contributed by atoms with Crippen molar-refractivity contribution < 1.29 is 19.7 Å². The molecular formula is C25H38O4. The molecule has 0 spiro atoms. The van der Waals surface area contributed by atoms with Crippen molar-refractivity contribution in [3.05, 3.63) is 47.0 Å². The van der Waals surface area contributed by atoms with Gasteiger partial charge < -0.3 is 14.9 Å². The van der Waals surface area contributed by atoms with Crippen LogP contribution < -0.4 is 0 Å². The van der Waals surface area contributed by atoms with Gasteiger partial charge in [-0.1, -0.05) is 51.1 Å². The Bertz CT molecular complexity index is 688. The first-order valence-corrected chi connectivity index (χ1v) is 11.0. The van der Waals surface area contributed by atoms with E-state index in [-0.39, 0.29) is 23.9 Å². The minimum Gasteiger partial charge on any atom is -0.458 e. The highest BCUT2D eigenvalue weighted by atomic mass is 16.5. The van der Waals surface area contributed by atoms with Gasteiger partial charge in [0, 0.05) is 25.4 Å². The summed E-state index contributed by atoms with van der Waals surface area (Å²) in [4.78, 5) is 12.4. The molecule has 2 rings (SSSR count). The second kappa shape index (κ2) is 10.9. The van der Waals surface area contributed by atoms with E-state index in [1.165, 1.54) is 11.1 Å². The molecule has 0 aromatic heterocycles. The molecule has 0 radical (unpaired) electrons.